The molecule has 3 rings (SSSR count). The number of nitrogens with one attached hydrogen (secondary N) is 2. The molecule has 0 aliphatic carbocycles. The minimum Gasteiger partial charge on any atom is -0.348 e. The smallest absolute Gasteiger partial charge is 0.281 e. The molecule has 1 aromatic heterocycles. The number of hydrogen-bond donors (Lipinski definition) is 2. The summed E-state index contributed by atoms with van der Waals surface area (Å²) in [6, 6.07) is 10.3. The van der Waals surface area contributed by atoms with Crippen LogP contribution in [0.25, 0.3) is 0 Å². The SMILES string of the molecule is Cc1ccc(CNC(=O)c2ccnc(S(=O)(=O)NC(=O)C3CCN(C)CC3)c2)cc1. The lowest BCUT2D eigenvalue weighted by Gasteiger charge is -2.27. The van der Waals surface area contributed by atoms with E-state index in [0.717, 1.165) is 24.2 Å². The minimum absolute atomic E-state index is 0.157. The van der Waals surface area contributed by atoms with Crippen molar-refractivity contribution in [3.63, 3.8) is 0 Å². The summed E-state index contributed by atoms with van der Waals surface area (Å²) in [5.74, 6) is -1.30. The van der Waals surface area contributed by atoms with Gasteiger partial charge in [0.2, 0.25) is 5.91 Å². The Labute approximate surface area is 176 Å². The molecule has 0 bridgehead atoms. The Morgan fingerprint density at radius 1 is 1.13 bits per heavy atom. The van der Waals surface area contributed by atoms with Crippen LogP contribution in [-0.4, -0.2) is 50.3 Å². The first kappa shape index (κ1) is 21.9. The van der Waals surface area contributed by atoms with Gasteiger partial charge < -0.3 is 10.2 Å². The summed E-state index contributed by atoms with van der Waals surface area (Å²) in [4.78, 5) is 30.8. The molecule has 0 unspecified atom stereocenters. The van der Waals surface area contributed by atoms with Crippen LogP contribution in [0.15, 0.2) is 47.6 Å². The highest BCUT2D eigenvalue weighted by Gasteiger charge is 2.28. The minimum atomic E-state index is -4.15. The lowest BCUT2D eigenvalue weighted by atomic mass is 9.97. The molecule has 2 amide bonds. The second-order valence-electron chi connectivity index (χ2n) is 7.60. The van der Waals surface area contributed by atoms with Crippen LogP contribution in [-0.2, 0) is 21.4 Å². The van der Waals surface area contributed by atoms with Gasteiger partial charge in [0.25, 0.3) is 15.9 Å². The van der Waals surface area contributed by atoms with Crippen molar-refractivity contribution in [2.24, 2.45) is 5.92 Å². The maximum absolute atomic E-state index is 12.6. The first-order valence-corrected chi connectivity index (χ1v) is 11.3. The molecule has 30 heavy (non-hydrogen) atoms. The third-order valence-electron chi connectivity index (χ3n) is 5.17. The Morgan fingerprint density at radius 3 is 2.47 bits per heavy atom. The molecule has 1 saturated heterocycles. The van der Waals surface area contributed by atoms with Gasteiger partial charge in [-0.1, -0.05) is 29.8 Å². The Balaban J connectivity index is 1.64. The number of carbonyl (C=O) groups is 2. The molecule has 2 N–H and O–H groups in total. The predicted octanol–water partition coefficient (Wildman–Crippen LogP) is 1.47. The predicted molar refractivity (Wildman–Crippen MR) is 112 cm³/mol. The lowest BCUT2D eigenvalue weighted by Crippen LogP contribution is -2.41. The molecule has 1 fully saturated rings. The number of aromatic nitrogens is 1. The van der Waals surface area contributed by atoms with Gasteiger partial charge in [0.1, 0.15) is 0 Å². The van der Waals surface area contributed by atoms with E-state index in [-0.39, 0.29) is 16.5 Å². The molecule has 8 nitrogen and oxygen atoms in total. The van der Waals surface area contributed by atoms with Crippen molar-refractivity contribution in [2.45, 2.75) is 31.3 Å². The van der Waals surface area contributed by atoms with E-state index < -0.39 is 21.8 Å². The first-order valence-electron chi connectivity index (χ1n) is 9.79. The maximum atomic E-state index is 12.6. The number of rotatable bonds is 6. The average molecular weight is 431 g/mol. The second-order valence-corrected chi connectivity index (χ2v) is 9.23. The van der Waals surface area contributed by atoms with Gasteiger partial charge >= 0.3 is 0 Å². The van der Waals surface area contributed by atoms with Crippen LogP contribution < -0.4 is 10.0 Å². The van der Waals surface area contributed by atoms with Crippen LogP contribution in [0.5, 0.6) is 0 Å². The van der Waals surface area contributed by atoms with E-state index in [2.05, 4.69) is 19.9 Å². The molecular weight excluding hydrogens is 404 g/mol. The topological polar surface area (TPSA) is 108 Å². The Bertz CT molecular complexity index is 1010. The number of sulfonamides is 1. The highest BCUT2D eigenvalue weighted by molar-refractivity contribution is 7.90. The van der Waals surface area contributed by atoms with Crippen molar-refractivity contribution in [1.29, 1.82) is 0 Å². The van der Waals surface area contributed by atoms with E-state index >= 15 is 0 Å². The van der Waals surface area contributed by atoms with Crippen molar-refractivity contribution in [3.8, 4) is 0 Å². The molecule has 9 heteroatoms. The number of piperidine rings is 1. The van der Waals surface area contributed by atoms with Crippen molar-refractivity contribution in [1.82, 2.24) is 19.9 Å². The fourth-order valence-electron chi connectivity index (χ4n) is 3.23. The largest absolute Gasteiger partial charge is 0.348 e. The number of likely N-dealkylation sites (tertiary alicyclic amines) is 1. The van der Waals surface area contributed by atoms with Gasteiger partial charge in [-0.05, 0) is 57.6 Å². The normalized spacial score (nSPS) is 15.5. The number of carbonyl (C=O) groups excluding carboxylic acids is 2. The number of nitrogens with zero attached hydrogens (tertiary/aromatic N) is 2. The molecule has 0 saturated carbocycles. The zero-order chi connectivity index (χ0) is 21.7. The fourth-order valence-corrected chi connectivity index (χ4v) is 4.24. The molecular formula is C21H26N4O4S. The Kier molecular flexibility index (Phi) is 6.84. The maximum Gasteiger partial charge on any atom is 0.281 e. The molecule has 0 atom stereocenters. The van der Waals surface area contributed by atoms with E-state index in [4.69, 9.17) is 0 Å². The standard InChI is InChI=1S/C21H26N4O4S/c1-15-3-5-16(6-4-15)14-23-20(26)18-7-10-22-19(13-18)30(28,29)24-21(27)17-8-11-25(2)12-9-17/h3-7,10,13,17H,8-9,11-12,14H2,1-2H3,(H,23,26)(H,24,27). The molecule has 0 radical (unpaired) electrons. The summed E-state index contributed by atoms with van der Waals surface area (Å²) in [7, 11) is -2.19. The summed E-state index contributed by atoms with van der Waals surface area (Å²) < 4.78 is 27.3. The van der Waals surface area contributed by atoms with Gasteiger partial charge in [0, 0.05) is 24.2 Å². The zero-order valence-electron chi connectivity index (χ0n) is 17.1. The van der Waals surface area contributed by atoms with Crippen molar-refractivity contribution in [3.05, 3.63) is 59.3 Å². The summed E-state index contributed by atoms with van der Waals surface area (Å²) >= 11 is 0. The number of hydrogen-bond acceptors (Lipinski definition) is 6. The number of aryl methyl sites for hydroxylation is 1. The summed E-state index contributed by atoms with van der Waals surface area (Å²) in [5.41, 5.74) is 2.21. The highest BCUT2D eigenvalue weighted by Crippen LogP contribution is 2.17. The molecule has 2 aromatic rings. The third-order valence-corrected chi connectivity index (χ3v) is 6.41. The number of benzene rings is 1. The first-order chi connectivity index (χ1) is 14.2. The van der Waals surface area contributed by atoms with E-state index in [1.807, 2.05) is 38.2 Å². The van der Waals surface area contributed by atoms with E-state index in [9.17, 15) is 18.0 Å². The Morgan fingerprint density at radius 2 is 1.80 bits per heavy atom. The van der Waals surface area contributed by atoms with Crippen LogP contribution in [0, 0.1) is 12.8 Å². The lowest BCUT2D eigenvalue weighted by molar-refractivity contribution is -0.124. The Hall–Kier alpha value is -2.78. The van der Waals surface area contributed by atoms with Gasteiger partial charge in [-0.25, -0.2) is 9.71 Å². The van der Waals surface area contributed by atoms with Gasteiger partial charge in [0.15, 0.2) is 5.03 Å². The van der Waals surface area contributed by atoms with E-state index in [1.165, 1.54) is 18.3 Å². The fraction of sp³-hybridized carbons (Fsp3) is 0.381. The molecule has 1 aromatic carbocycles. The number of pyridine rings is 1. The van der Waals surface area contributed by atoms with Gasteiger partial charge in [-0.2, -0.15) is 8.42 Å². The van der Waals surface area contributed by atoms with E-state index in [0.29, 0.717) is 19.4 Å². The zero-order valence-corrected chi connectivity index (χ0v) is 17.9. The van der Waals surface area contributed by atoms with Crippen LogP contribution in [0.2, 0.25) is 0 Å². The molecule has 1 aliphatic rings. The molecule has 1 aliphatic heterocycles. The third kappa shape index (κ3) is 5.64. The van der Waals surface area contributed by atoms with Crippen molar-refractivity contribution < 1.29 is 18.0 Å². The summed E-state index contributed by atoms with van der Waals surface area (Å²) in [6.45, 7) is 3.78. The quantitative estimate of drug-likeness (QED) is 0.718. The van der Waals surface area contributed by atoms with E-state index in [1.54, 1.807) is 0 Å². The van der Waals surface area contributed by atoms with Crippen LogP contribution >= 0.6 is 0 Å². The molecule has 160 valence electrons. The molecule has 2 heterocycles. The van der Waals surface area contributed by atoms with Gasteiger partial charge in [0.05, 0.1) is 0 Å². The van der Waals surface area contributed by atoms with Crippen LogP contribution in [0.3, 0.4) is 0 Å². The van der Waals surface area contributed by atoms with Gasteiger partial charge in [-0.15, -0.1) is 0 Å². The van der Waals surface area contributed by atoms with Crippen LogP contribution in [0.4, 0.5) is 0 Å². The number of amides is 2. The van der Waals surface area contributed by atoms with Crippen LogP contribution in [0.1, 0.15) is 34.3 Å². The summed E-state index contributed by atoms with van der Waals surface area (Å²) in [5, 5.41) is 2.40. The average Bonchev–Trinajstić information content (AvgIpc) is 2.73. The second kappa shape index (κ2) is 9.36. The van der Waals surface area contributed by atoms with Crippen molar-refractivity contribution >= 4 is 21.8 Å². The van der Waals surface area contributed by atoms with Crippen molar-refractivity contribution in [2.75, 3.05) is 20.1 Å². The molecule has 0 spiro atoms. The van der Waals surface area contributed by atoms with Gasteiger partial charge in [-0.3, -0.25) is 9.59 Å². The summed E-state index contributed by atoms with van der Waals surface area (Å²) in [6.07, 6.45) is 2.45. The monoisotopic (exact) mass is 430 g/mol. The highest BCUT2D eigenvalue weighted by atomic mass is 32.2.